The van der Waals surface area contributed by atoms with E-state index in [2.05, 4.69) is 26.4 Å². The van der Waals surface area contributed by atoms with Gasteiger partial charge in [0.25, 0.3) is 0 Å². The first-order valence-electron chi connectivity index (χ1n) is 5.08. The highest BCUT2D eigenvalue weighted by Gasteiger charge is 2.54. The molecule has 1 aliphatic carbocycles. The summed E-state index contributed by atoms with van der Waals surface area (Å²) in [5, 5.41) is 16.3. The van der Waals surface area contributed by atoms with Gasteiger partial charge in [0.15, 0.2) is 5.84 Å². The van der Waals surface area contributed by atoms with E-state index in [1.165, 1.54) is 0 Å². The highest BCUT2D eigenvalue weighted by Crippen LogP contribution is 2.46. The van der Waals surface area contributed by atoms with Gasteiger partial charge in [-0.2, -0.15) is 0 Å². The lowest BCUT2D eigenvalue weighted by Gasteiger charge is -2.12. The van der Waals surface area contributed by atoms with Crippen molar-refractivity contribution < 1.29 is 10.0 Å². The van der Waals surface area contributed by atoms with E-state index in [-0.39, 0.29) is 11.7 Å². The maximum absolute atomic E-state index is 11.9. The van der Waals surface area contributed by atoms with Crippen molar-refractivity contribution in [2.24, 2.45) is 16.3 Å². The van der Waals surface area contributed by atoms with Crippen molar-refractivity contribution in [3.8, 4) is 0 Å². The highest BCUT2D eigenvalue weighted by molar-refractivity contribution is 9.10. The summed E-state index contributed by atoms with van der Waals surface area (Å²) >= 11 is 4.92. The monoisotopic (exact) mass is 317 g/mol. The Balaban J connectivity index is 1.94. The minimum absolute atomic E-state index is 0.00219. The molecule has 1 saturated carbocycles. The molecule has 1 amide bonds. The third-order valence-electron chi connectivity index (χ3n) is 2.83. The first-order chi connectivity index (χ1) is 8.08. The molecule has 2 rings (SSSR count). The van der Waals surface area contributed by atoms with E-state index in [1.54, 1.807) is 11.3 Å². The molecule has 1 aliphatic rings. The Hall–Kier alpha value is -1.08. The van der Waals surface area contributed by atoms with Gasteiger partial charge in [-0.05, 0) is 34.8 Å². The van der Waals surface area contributed by atoms with Crippen molar-refractivity contribution in [2.45, 2.75) is 19.4 Å². The van der Waals surface area contributed by atoms with Gasteiger partial charge in [0, 0.05) is 14.7 Å². The third-order valence-corrected chi connectivity index (χ3v) is 4.53. The van der Waals surface area contributed by atoms with Gasteiger partial charge >= 0.3 is 0 Å². The number of carbonyl (C=O) groups is 1. The molecule has 0 spiro atoms. The number of nitrogens with one attached hydrogen (secondary N) is 1. The quantitative estimate of drug-likeness (QED) is 0.341. The van der Waals surface area contributed by atoms with Gasteiger partial charge in [-0.3, -0.25) is 4.79 Å². The Bertz CT molecular complexity index is 468. The number of nitrogens with two attached hydrogens (primary N) is 1. The third kappa shape index (κ3) is 2.44. The van der Waals surface area contributed by atoms with Crippen molar-refractivity contribution in [2.75, 3.05) is 0 Å². The zero-order valence-corrected chi connectivity index (χ0v) is 11.3. The zero-order chi connectivity index (χ0) is 12.5. The second kappa shape index (κ2) is 4.66. The minimum atomic E-state index is -0.775. The van der Waals surface area contributed by atoms with Crippen LogP contribution in [0.4, 0.5) is 0 Å². The van der Waals surface area contributed by atoms with Crippen LogP contribution in [0.25, 0.3) is 0 Å². The summed E-state index contributed by atoms with van der Waals surface area (Å²) in [6, 6.07) is 1.95. The van der Waals surface area contributed by atoms with E-state index in [1.807, 2.05) is 11.4 Å². The Morgan fingerprint density at radius 3 is 2.88 bits per heavy atom. The van der Waals surface area contributed by atoms with Crippen molar-refractivity contribution in [1.29, 1.82) is 0 Å². The summed E-state index contributed by atoms with van der Waals surface area (Å²) in [7, 11) is 0. The summed E-state index contributed by atoms with van der Waals surface area (Å²) in [4.78, 5) is 13.0. The van der Waals surface area contributed by atoms with Crippen LogP contribution < -0.4 is 11.1 Å². The van der Waals surface area contributed by atoms with Gasteiger partial charge in [0.2, 0.25) is 5.91 Å². The Kier molecular flexibility index (Phi) is 3.39. The minimum Gasteiger partial charge on any atom is -0.409 e. The molecule has 1 fully saturated rings. The molecular weight excluding hydrogens is 306 g/mol. The molecule has 92 valence electrons. The van der Waals surface area contributed by atoms with Crippen LogP contribution in [0.1, 0.15) is 17.7 Å². The normalized spacial score (nSPS) is 17.8. The zero-order valence-electron chi connectivity index (χ0n) is 8.94. The predicted molar refractivity (Wildman–Crippen MR) is 68.9 cm³/mol. The molecular formula is C10H12BrN3O2S. The molecule has 1 aromatic rings. The molecule has 1 heterocycles. The van der Waals surface area contributed by atoms with Gasteiger partial charge in [-0.15, -0.1) is 11.3 Å². The van der Waals surface area contributed by atoms with Crippen molar-refractivity contribution in [3.05, 3.63) is 20.8 Å². The number of halogens is 1. The predicted octanol–water partition coefficient (Wildman–Crippen LogP) is 1.65. The van der Waals surface area contributed by atoms with Crippen molar-refractivity contribution in [3.63, 3.8) is 0 Å². The maximum atomic E-state index is 11.9. The van der Waals surface area contributed by atoms with Gasteiger partial charge in [-0.1, -0.05) is 5.16 Å². The molecule has 17 heavy (non-hydrogen) atoms. The van der Waals surface area contributed by atoms with Crippen LogP contribution in [0.3, 0.4) is 0 Å². The van der Waals surface area contributed by atoms with Gasteiger partial charge in [0.1, 0.15) is 5.41 Å². The average molecular weight is 318 g/mol. The molecule has 0 bridgehead atoms. The molecule has 5 nitrogen and oxygen atoms in total. The van der Waals surface area contributed by atoms with Crippen molar-refractivity contribution in [1.82, 2.24) is 5.32 Å². The van der Waals surface area contributed by atoms with E-state index in [0.717, 1.165) is 9.35 Å². The number of hydrogen-bond donors (Lipinski definition) is 3. The molecule has 0 aromatic carbocycles. The molecule has 7 heteroatoms. The summed E-state index contributed by atoms with van der Waals surface area (Å²) in [6.45, 7) is 0.468. The van der Waals surface area contributed by atoms with Crippen molar-refractivity contribution >= 4 is 39.0 Å². The lowest BCUT2D eigenvalue weighted by atomic mass is 10.1. The standard InChI is InChI=1S/C10H12BrN3O2S/c11-6-3-7(17-5-6)4-13-9(15)10(1-2-10)8(12)14-16/h3,5,16H,1-2,4H2,(H2,12,14)(H,13,15). The lowest BCUT2D eigenvalue weighted by Crippen LogP contribution is -2.40. The summed E-state index contributed by atoms with van der Waals surface area (Å²) in [5.41, 5.74) is 4.75. The van der Waals surface area contributed by atoms with Gasteiger partial charge < -0.3 is 16.3 Å². The number of amidine groups is 1. The number of oxime groups is 1. The highest BCUT2D eigenvalue weighted by atomic mass is 79.9. The van der Waals surface area contributed by atoms with E-state index >= 15 is 0 Å². The largest absolute Gasteiger partial charge is 0.409 e. The van der Waals surface area contributed by atoms with Gasteiger partial charge in [-0.25, -0.2) is 0 Å². The molecule has 1 aromatic heterocycles. The SMILES string of the molecule is NC(=NO)C1(C(=O)NCc2cc(Br)cs2)CC1. The van der Waals surface area contributed by atoms with E-state index in [0.29, 0.717) is 19.4 Å². The first-order valence-corrected chi connectivity index (χ1v) is 6.75. The molecule has 0 aliphatic heterocycles. The van der Waals surface area contributed by atoms with Crippen LogP contribution in [0.15, 0.2) is 21.1 Å². The fourth-order valence-corrected chi connectivity index (χ4v) is 2.99. The summed E-state index contributed by atoms with van der Waals surface area (Å²) in [6.07, 6.45) is 1.28. The van der Waals surface area contributed by atoms with E-state index < -0.39 is 5.41 Å². The Labute approximate surface area is 111 Å². The topological polar surface area (TPSA) is 87.7 Å². The number of thiophene rings is 1. The number of nitrogens with zero attached hydrogens (tertiary/aromatic N) is 1. The summed E-state index contributed by atoms with van der Waals surface area (Å²) < 4.78 is 1.00. The average Bonchev–Trinajstić information content (AvgIpc) is 3.04. The first kappa shape index (κ1) is 12.4. The second-order valence-corrected chi connectivity index (χ2v) is 5.89. The second-order valence-electron chi connectivity index (χ2n) is 3.98. The number of rotatable bonds is 4. The fraction of sp³-hybridized carbons (Fsp3) is 0.400. The van der Waals surface area contributed by atoms with Gasteiger partial charge in [0.05, 0.1) is 6.54 Å². The van der Waals surface area contributed by atoms with E-state index in [9.17, 15) is 4.79 Å². The number of hydrogen-bond acceptors (Lipinski definition) is 4. The van der Waals surface area contributed by atoms with Crippen LogP contribution in [0.5, 0.6) is 0 Å². The molecule has 0 atom stereocenters. The molecule has 4 N–H and O–H groups in total. The lowest BCUT2D eigenvalue weighted by molar-refractivity contribution is -0.124. The fourth-order valence-electron chi connectivity index (χ4n) is 1.60. The molecule has 0 radical (unpaired) electrons. The number of carbonyl (C=O) groups excluding carboxylic acids is 1. The Morgan fingerprint density at radius 2 is 2.41 bits per heavy atom. The number of amides is 1. The Morgan fingerprint density at radius 1 is 1.71 bits per heavy atom. The van der Waals surface area contributed by atoms with Crippen LogP contribution in [0.2, 0.25) is 0 Å². The molecule has 0 saturated heterocycles. The van der Waals surface area contributed by atoms with Crippen LogP contribution in [-0.2, 0) is 11.3 Å². The van der Waals surface area contributed by atoms with E-state index in [4.69, 9.17) is 10.9 Å². The van der Waals surface area contributed by atoms with Crippen LogP contribution >= 0.6 is 27.3 Å². The maximum Gasteiger partial charge on any atom is 0.234 e. The van der Waals surface area contributed by atoms with Crippen LogP contribution in [-0.4, -0.2) is 17.0 Å². The summed E-state index contributed by atoms with van der Waals surface area (Å²) in [5.74, 6) is -0.167. The smallest absolute Gasteiger partial charge is 0.234 e. The van der Waals surface area contributed by atoms with Crippen LogP contribution in [0, 0.1) is 5.41 Å². The molecule has 0 unspecified atom stereocenters.